The quantitative estimate of drug-likeness (QED) is 0.125. The molecule has 240 valence electrons. The van der Waals surface area contributed by atoms with Crippen molar-refractivity contribution < 1.29 is 65.3 Å². The maximum absolute atomic E-state index is 12.4. The van der Waals surface area contributed by atoms with Crippen molar-refractivity contribution in [2.75, 3.05) is 13.2 Å². The minimum atomic E-state index is -1.67. The third-order valence-electron chi connectivity index (χ3n) is 12.2. The molecule has 10 N–H and O–H groups in total. The highest BCUT2D eigenvalue weighted by Crippen LogP contribution is 2.70. The predicted octanol–water partition coefficient (Wildman–Crippen LogP) is -2.34. The van der Waals surface area contributed by atoms with Crippen molar-refractivity contribution in [1.29, 1.82) is 0 Å². The normalized spacial score (nSPS) is 55.5. The Kier molecular flexibility index (Phi) is 8.19. The molecule has 1 saturated heterocycles. The monoisotopic (exact) mass is 602 g/mol. The number of carbonyl (C=O) groups is 1. The number of hydrogen-bond donors (Lipinski definition) is 8. The highest BCUT2D eigenvalue weighted by Gasteiger charge is 2.75. The lowest BCUT2D eigenvalue weighted by Crippen LogP contribution is -2.76. The van der Waals surface area contributed by atoms with Crippen LogP contribution >= 0.6 is 0 Å². The summed E-state index contributed by atoms with van der Waals surface area (Å²) in [4.78, 5) is 11.8. The largest absolute Gasteiger partial charge is 0.458 e. The van der Waals surface area contributed by atoms with Crippen molar-refractivity contribution in [2.45, 2.75) is 119 Å². The average molecular weight is 603 g/mol. The van der Waals surface area contributed by atoms with Gasteiger partial charge >= 0.3 is 5.97 Å². The summed E-state index contributed by atoms with van der Waals surface area (Å²) in [6.07, 6.45) is -6.68. The Labute approximate surface area is 244 Å². The molecule has 13 heteroatoms. The summed E-state index contributed by atoms with van der Waals surface area (Å²) >= 11 is 0. The highest BCUT2D eigenvalue weighted by atomic mass is 16.7. The molecule has 42 heavy (non-hydrogen) atoms. The summed E-state index contributed by atoms with van der Waals surface area (Å²) < 4.78 is 16.7. The van der Waals surface area contributed by atoms with Gasteiger partial charge in [0, 0.05) is 30.3 Å². The molecule has 6 aliphatic rings. The van der Waals surface area contributed by atoms with Crippen LogP contribution in [0.15, 0.2) is 11.6 Å². The van der Waals surface area contributed by atoms with Crippen molar-refractivity contribution in [3.63, 3.8) is 0 Å². The number of cyclic esters (lactones) is 1. The van der Waals surface area contributed by atoms with Crippen LogP contribution in [0.4, 0.5) is 0 Å². The van der Waals surface area contributed by atoms with E-state index >= 15 is 0 Å². The summed E-state index contributed by atoms with van der Waals surface area (Å²) in [7, 11) is 0. The molecule has 13 nitrogen and oxygen atoms in total. The van der Waals surface area contributed by atoms with Crippen LogP contribution in [0.3, 0.4) is 0 Å². The minimum absolute atomic E-state index is 0. The van der Waals surface area contributed by atoms with E-state index in [1.807, 2.05) is 6.92 Å². The second-order valence-electron chi connectivity index (χ2n) is 13.8. The Morgan fingerprint density at radius 3 is 2.38 bits per heavy atom. The Bertz CT molecular complexity index is 1090. The van der Waals surface area contributed by atoms with Gasteiger partial charge < -0.3 is 60.5 Å². The summed E-state index contributed by atoms with van der Waals surface area (Å²) in [6, 6.07) is 0. The maximum atomic E-state index is 12.4. The number of fused-ring (bicyclic) bond motifs is 5. The molecule has 0 aromatic heterocycles. The van der Waals surface area contributed by atoms with E-state index in [9.17, 15) is 45.6 Å². The first-order valence-electron chi connectivity index (χ1n) is 14.9. The van der Waals surface area contributed by atoms with Crippen LogP contribution in [0.25, 0.3) is 0 Å². The summed E-state index contributed by atoms with van der Waals surface area (Å²) in [5, 5.41) is 89.6. The number of ether oxygens (including phenoxy) is 3. The number of hydrogen-bond acceptors (Lipinski definition) is 12. The summed E-state index contributed by atoms with van der Waals surface area (Å²) in [6.45, 7) is 3.00. The SMILES string of the molecule is CC1OC(OC2CC(O)C3(CO)C4C(O)CC5(C)C(C6=CC(=O)OC6)CCC5(O)C4CCC3(O)C2)C(O)C(O)C1O.O. The Hall–Kier alpha value is -1.23. The number of esters is 1. The molecule has 6 rings (SSSR count). The van der Waals surface area contributed by atoms with E-state index in [0.717, 1.165) is 5.57 Å². The van der Waals surface area contributed by atoms with Crippen LogP contribution < -0.4 is 0 Å². The van der Waals surface area contributed by atoms with Crippen LogP contribution in [-0.2, 0) is 19.0 Å². The van der Waals surface area contributed by atoms with Crippen LogP contribution in [0.2, 0.25) is 0 Å². The minimum Gasteiger partial charge on any atom is -0.458 e. The maximum Gasteiger partial charge on any atom is 0.331 e. The molecule has 5 fully saturated rings. The third-order valence-corrected chi connectivity index (χ3v) is 12.2. The van der Waals surface area contributed by atoms with E-state index in [4.69, 9.17) is 14.2 Å². The van der Waals surface area contributed by atoms with Gasteiger partial charge in [-0.2, -0.15) is 0 Å². The van der Waals surface area contributed by atoms with Crippen molar-refractivity contribution in [3.8, 4) is 0 Å². The van der Waals surface area contributed by atoms with Crippen LogP contribution in [-0.4, -0.2) is 126 Å². The first-order valence-corrected chi connectivity index (χ1v) is 14.9. The zero-order chi connectivity index (χ0) is 29.7. The van der Waals surface area contributed by atoms with Crippen LogP contribution in [0.1, 0.15) is 58.8 Å². The molecule has 15 unspecified atom stereocenters. The molecule has 0 spiro atoms. The van der Waals surface area contributed by atoms with Gasteiger partial charge in [0.2, 0.25) is 0 Å². The molecule has 4 aliphatic carbocycles. The van der Waals surface area contributed by atoms with Crippen LogP contribution in [0, 0.1) is 28.6 Å². The third kappa shape index (κ3) is 4.20. The molecule has 0 aromatic rings. The van der Waals surface area contributed by atoms with E-state index in [1.165, 1.54) is 13.0 Å². The number of carbonyl (C=O) groups excluding carboxylic acids is 1. The lowest BCUT2D eigenvalue weighted by Gasteiger charge is -2.68. The van der Waals surface area contributed by atoms with Crippen molar-refractivity contribution >= 4 is 5.97 Å². The predicted molar refractivity (Wildman–Crippen MR) is 142 cm³/mol. The lowest BCUT2D eigenvalue weighted by atomic mass is 9.40. The zero-order valence-electron chi connectivity index (χ0n) is 24.0. The smallest absolute Gasteiger partial charge is 0.331 e. The molecule has 0 bridgehead atoms. The van der Waals surface area contributed by atoms with Crippen molar-refractivity contribution in [1.82, 2.24) is 0 Å². The Morgan fingerprint density at radius 2 is 1.74 bits per heavy atom. The summed E-state index contributed by atoms with van der Waals surface area (Å²) in [5.41, 5.74) is -4.46. The van der Waals surface area contributed by atoms with Gasteiger partial charge in [0.05, 0.1) is 47.6 Å². The summed E-state index contributed by atoms with van der Waals surface area (Å²) in [5.74, 6) is -1.93. The van der Waals surface area contributed by atoms with E-state index in [-0.39, 0.29) is 43.7 Å². The number of aliphatic hydroxyl groups excluding tert-OH is 6. The molecular formula is C29H46O13. The standard InChI is InChI=1S/C29H44O12.H2O/c1-13-22(34)23(35)24(36)25(40-13)41-15-8-19(32)28(12-30)21-17(3-5-27(28,37)9-15)29(38)6-4-16(14-7-20(33)39-11-14)26(29,2)10-18(21)31;/h7,13,15-19,21-25,30-32,34-38H,3-6,8-12H2,1-2H3;1H2. The molecular weight excluding hydrogens is 556 g/mol. The molecule has 0 amide bonds. The van der Waals surface area contributed by atoms with Crippen LogP contribution in [0.5, 0.6) is 0 Å². The van der Waals surface area contributed by atoms with E-state index < -0.39 is 95.5 Å². The van der Waals surface area contributed by atoms with Gasteiger partial charge in [-0.05, 0) is 56.4 Å². The van der Waals surface area contributed by atoms with E-state index in [0.29, 0.717) is 19.3 Å². The first kappa shape index (κ1) is 32.2. The first-order chi connectivity index (χ1) is 19.2. The van der Waals surface area contributed by atoms with Crippen molar-refractivity contribution in [3.05, 3.63) is 11.6 Å². The zero-order valence-corrected chi connectivity index (χ0v) is 24.0. The van der Waals surface area contributed by atoms with Gasteiger partial charge in [-0.3, -0.25) is 0 Å². The fourth-order valence-electron chi connectivity index (χ4n) is 10.1. The van der Waals surface area contributed by atoms with E-state index in [2.05, 4.69) is 0 Å². The molecule has 0 aromatic carbocycles. The molecule has 2 heterocycles. The average Bonchev–Trinajstić information content (AvgIpc) is 3.45. The molecule has 2 aliphatic heterocycles. The molecule has 4 saturated carbocycles. The fraction of sp³-hybridized carbons (Fsp3) is 0.897. The van der Waals surface area contributed by atoms with Gasteiger partial charge in [-0.15, -0.1) is 0 Å². The van der Waals surface area contributed by atoms with Crippen molar-refractivity contribution in [2.24, 2.45) is 28.6 Å². The second-order valence-corrected chi connectivity index (χ2v) is 13.8. The number of rotatable bonds is 4. The topological polar surface area (TPSA) is 238 Å². The highest BCUT2D eigenvalue weighted by molar-refractivity contribution is 5.85. The van der Waals surface area contributed by atoms with Gasteiger partial charge in [0.25, 0.3) is 0 Å². The second kappa shape index (κ2) is 10.7. The molecule has 0 radical (unpaired) electrons. The van der Waals surface area contributed by atoms with Gasteiger partial charge in [-0.25, -0.2) is 4.79 Å². The number of aliphatic hydroxyl groups is 8. The van der Waals surface area contributed by atoms with Gasteiger partial charge in [-0.1, -0.05) is 6.92 Å². The van der Waals surface area contributed by atoms with E-state index in [1.54, 1.807) is 0 Å². The fourth-order valence-corrected chi connectivity index (χ4v) is 10.1. The van der Waals surface area contributed by atoms with Gasteiger partial charge in [0.1, 0.15) is 24.9 Å². The Balaban J connectivity index is 0.00000353. The molecule has 15 atom stereocenters. The Morgan fingerprint density at radius 1 is 1.02 bits per heavy atom. The lowest BCUT2D eigenvalue weighted by molar-refractivity contribution is -0.342. The van der Waals surface area contributed by atoms with Gasteiger partial charge in [0.15, 0.2) is 6.29 Å².